The SMILES string of the molecule is CC(C)C1=C2[C@H]3CC[C@@H]4[C@@]5(C)CC[C@H](OC(=O)CC(C)(C)C(=O)O)C(C)(C)[C@@H]5CC[C@@]4(C)[C@]3(C)CCC2(CCN2CCCCC2)CC1=O. The van der Waals surface area contributed by atoms with Crippen molar-refractivity contribution >= 4 is 17.7 Å². The minimum atomic E-state index is -1.13. The first-order chi connectivity index (χ1) is 22.3. The molecule has 1 N–H and O–H groups in total. The van der Waals surface area contributed by atoms with E-state index in [-0.39, 0.29) is 51.5 Å². The third kappa shape index (κ3) is 5.47. The number of carboxylic acids is 1. The lowest BCUT2D eigenvalue weighted by Crippen LogP contribution is -2.65. The monoisotopic (exact) mass is 666 g/mol. The van der Waals surface area contributed by atoms with Crippen molar-refractivity contribution in [2.75, 3.05) is 19.6 Å². The number of fused-ring (bicyclic) bond motifs is 7. The van der Waals surface area contributed by atoms with E-state index in [1.165, 1.54) is 63.6 Å². The topological polar surface area (TPSA) is 83.9 Å². The molecule has 0 aromatic carbocycles. The number of carboxylic acid groups (broad SMARTS) is 1. The quantitative estimate of drug-likeness (QED) is 0.260. The molecule has 6 heteroatoms. The second-order valence-electron chi connectivity index (χ2n) is 19.8. The maximum absolute atomic E-state index is 14.0. The van der Waals surface area contributed by atoms with E-state index in [4.69, 9.17) is 4.74 Å². The molecule has 0 radical (unpaired) electrons. The van der Waals surface area contributed by atoms with E-state index in [0.717, 1.165) is 45.1 Å². The Morgan fingerprint density at radius 2 is 1.58 bits per heavy atom. The summed E-state index contributed by atoms with van der Waals surface area (Å²) in [6.07, 6.45) is 14.5. The molecule has 1 unspecified atom stereocenters. The number of carbonyl (C=O) groups excluding carboxylic acids is 2. The Morgan fingerprint density at radius 3 is 2.23 bits per heavy atom. The van der Waals surface area contributed by atoms with E-state index in [2.05, 4.69) is 53.4 Å². The highest BCUT2D eigenvalue weighted by Gasteiger charge is 2.70. The number of hydrogen-bond donors (Lipinski definition) is 1. The van der Waals surface area contributed by atoms with Gasteiger partial charge in [-0.05, 0) is 150 Å². The van der Waals surface area contributed by atoms with Crippen LogP contribution >= 0.6 is 0 Å². The van der Waals surface area contributed by atoms with E-state index < -0.39 is 11.4 Å². The van der Waals surface area contributed by atoms with E-state index in [0.29, 0.717) is 23.5 Å². The third-order valence-corrected chi connectivity index (χ3v) is 16.3. The number of rotatable bonds is 8. The van der Waals surface area contributed by atoms with Gasteiger partial charge in [-0.1, -0.05) is 60.5 Å². The first-order valence-electron chi connectivity index (χ1n) is 19.8. The Labute approximate surface area is 291 Å². The van der Waals surface area contributed by atoms with Crippen molar-refractivity contribution in [3.05, 3.63) is 11.1 Å². The van der Waals surface area contributed by atoms with E-state index >= 15 is 0 Å². The van der Waals surface area contributed by atoms with Crippen LogP contribution in [0, 0.1) is 56.2 Å². The molecule has 0 aromatic heterocycles. The summed E-state index contributed by atoms with van der Waals surface area (Å²) in [6.45, 7) is 23.8. The molecule has 6 aliphatic rings. The van der Waals surface area contributed by atoms with Gasteiger partial charge in [0, 0.05) is 17.3 Å². The van der Waals surface area contributed by atoms with Gasteiger partial charge in [-0.2, -0.15) is 0 Å². The van der Waals surface area contributed by atoms with E-state index in [1.54, 1.807) is 19.4 Å². The van der Waals surface area contributed by atoms with Gasteiger partial charge in [0.15, 0.2) is 5.78 Å². The summed E-state index contributed by atoms with van der Waals surface area (Å²) in [5.74, 6) is 0.897. The smallest absolute Gasteiger partial charge is 0.309 e. The fourth-order valence-corrected chi connectivity index (χ4v) is 13.4. The highest BCUT2D eigenvalue weighted by Crippen LogP contribution is 2.77. The van der Waals surface area contributed by atoms with E-state index in [1.807, 2.05) is 0 Å². The molecule has 0 spiro atoms. The molecule has 5 aliphatic carbocycles. The van der Waals surface area contributed by atoms with Crippen LogP contribution in [0.3, 0.4) is 0 Å². The van der Waals surface area contributed by atoms with Gasteiger partial charge >= 0.3 is 11.9 Å². The number of esters is 1. The molecule has 1 saturated heterocycles. The van der Waals surface area contributed by atoms with Gasteiger partial charge in [0.05, 0.1) is 11.8 Å². The zero-order chi connectivity index (χ0) is 35.1. The molecule has 48 heavy (non-hydrogen) atoms. The molecule has 0 bridgehead atoms. The molecule has 0 amide bonds. The minimum absolute atomic E-state index is 0.0573. The number of likely N-dealkylation sites (tertiary alicyclic amines) is 1. The normalized spacial score (nSPS) is 41.3. The zero-order valence-corrected chi connectivity index (χ0v) is 31.9. The number of aliphatic carboxylic acids is 1. The largest absolute Gasteiger partial charge is 0.481 e. The third-order valence-electron chi connectivity index (χ3n) is 16.3. The van der Waals surface area contributed by atoms with Crippen molar-refractivity contribution < 1.29 is 24.2 Å². The van der Waals surface area contributed by atoms with Gasteiger partial charge in [0.1, 0.15) is 6.10 Å². The number of allylic oxidation sites excluding steroid dienone is 2. The van der Waals surface area contributed by atoms with Gasteiger partial charge < -0.3 is 14.7 Å². The molecule has 270 valence electrons. The predicted octanol–water partition coefficient (Wildman–Crippen LogP) is 9.26. The molecule has 5 fully saturated rings. The van der Waals surface area contributed by atoms with Crippen molar-refractivity contribution in [2.24, 2.45) is 56.2 Å². The number of nitrogens with zero attached hydrogens (tertiary/aromatic N) is 1. The Bertz CT molecular complexity index is 1340. The molecule has 6 nitrogen and oxygen atoms in total. The van der Waals surface area contributed by atoms with Crippen LogP contribution in [-0.4, -0.2) is 53.5 Å². The average Bonchev–Trinajstić information content (AvgIpc) is 3.30. The Kier molecular flexibility index (Phi) is 9.20. The number of ether oxygens (including phenoxy) is 1. The summed E-state index contributed by atoms with van der Waals surface area (Å²) in [6, 6.07) is 0. The second-order valence-corrected chi connectivity index (χ2v) is 19.8. The van der Waals surface area contributed by atoms with Crippen molar-refractivity contribution in [2.45, 2.75) is 158 Å². The lowest BCUT2D eigenvalue weighted by Gasteiger charge is -2.72. The summed E-state index contributed by atoms with van der Waals surface area (Å²) >= 11 is 0. The van der Waals surface area contributed by atoms with Crippen LogP contribution < -0.4 is 0 Å². The summed E-state index contributed by atoms with van der Waals surface area (Å²) < 4.78 is 6.18. The second kappa shape index (κ2) is 12.2. The van der Waals surface area contributed by atoms with Crippen LogP contribution in [-0.2, 0) is 19.1 Å². The molecule has 1 aliphatic heterocycles. The Hall–Kier alpha value is -1.69. The summed E-state index contributed by atoms with van der Waals surface area (Å²) in [5, 5.41) is 9.59. The summed E-state index contributed by atoms with van der Waals surface area (Å²) in [4.78, 5) is 41.4. The standard InChI is InChI=1S/C42H67NO5/c1-27(2)34-29(44)25-42(21-24-43-22-11-10-12-23-43)20-19-40(8)28(35(34)42)13-14-31-39(7)17-16-32(48-33(45)26-37(3,4)36(46)47)38(5,6)30(39)15-18-41(31,40)9/h27-28,30-32H,10-26H2,1-9H3,(H,46,47)/t28-,30+,31-,32+,39+,40-,41-,42?/m1/s1. The van der Waals surface area contributed by atoms with Crippen LogP contribution in [0.25, 0.3) is 0 Å². The van der Waals surface area contributed by atoms with Crippen molar-refractivity contribution in [1.82, 2.24) is 4.90 Å². The maximum atomic E-state index is 14.0. The summed E-state index contributed by atoms with van der Waals surface area (Å²) in [5.41, 5.74) is 2.06. The van der Waals surface area contributed by atoms with Crippen molar-refractivity contribution in [3.8, 4) is 0 Å². The van der Waals surface area contributed by atoms with Gasteiger partial charge in [-0.25, -0.2) is 0 Å². The molecule has 0 aromatic rings. The minimum Gasteiger partial charge on any atom is -0.481 e. The zero-order valence-electron chi connectivity index (χ0n) is 31.9. The fourth-order valence-electron chi connectivity index (χ4n) is 13.4. The first kappa shape index (κ1) is 36.1. The molecular weight excluding hydrogens is 598 g/mol. The van der Waals surface area contributed by atoms with Gasteiger partial charge in [-0.3, -0.25) is 14.4 Å². The molecule has 4 saturated carbocycles. The van der Waals surface area contributed by atoms with E-state index in [9.17, 15) is 19.5 Å². The number of piperidine rings is 1. The molecular formula is C42H67NO5. The number of ketones is 1. The van der Waals surface area contributed by atoms with Gasteiger partial charge in [0.2, 0.25) is 0 Å². The molecule has 8 atom stereocenters. The fraction of sp³-hybridized carbons (Fsp3) is 0.881. The van der Waals surface area contributed by atoms with Crippen molar-refractivity contribution in [1.29, 1.82) is 0 Å². The maximum Gasteiger partial charge on any atom is 0.309 e. The average molecular weight is 666 g/mol. The predicted molar refractivity (Wildman–Crippen MR) is 190 cm³/mol. The summed E-state index contributed by atoms with van der Waals surface area (Å²) in [7, 11) is 0. The van der Waals surface area contributed by atoms with Gasteiger partial charge in [0.25, 0.3) is 0 Å². The number of Topliss-reactive ketones (excluding diaryl/α,β-unsaturated/α-hetero) is 1. The highest BCUT2D eigenvalue weighted by molar-refractivity contribution is 6.00. The number of carbonyl (C=O) groups is 3. The van der Waals surface area contributed by atoms with Crippen molar-refractivity contribution in [3.63, 3.8) is 0 Å². The molecule has 6 rings (SSSR count). The van der Waals surface area contributed by atoms with Gasteiger partial charge in [-0.15, -0.1) is 0 Å². The Balaban J connectivity index is 1.27. The van der Waals surface area contributed by atoms with Crippen LogP contribution in [0.2, 0.25) is 0 Å². The lowest BCUT2D eigenvalue weighted by atomic mass is 9.33. The molecule has 1 heterocycles. The van der Waals surface area contributed by atoms with Crippen LogP contribution in [0.5, 0.6) is 0 Å². The lowest BCUT2D eigenvalue weighted by molar-refractivity contribution is -0.233. The van der Waals surface area contributed by atoms with Crippen LogP contribution in [0.1, 0.15) is 152 Å². The number of hydrogen-bond acceptors (Lipinski definition) is 5. The van der Waals surface area contributed by atoms with Crippen LogP contribution in [0.4, 0.5) is 0 Å². The first-order valence-corrected chi connectivity index (χ1v) is 19.8. The Morgan fingerprint density at radius 1 is 0.896 bits per heavy atom. The highest BCUT2D eigenvalue weighted by atomic mass is 16.5. The van der Waals surface area contributed by atoms with Crippen LogP contribution in [0.15, 0.2) is 11.1 Å².